The third-order valence-electron chi connectivity index (χ3n) is 5.06. The number of nitrogens with zero attached hydrogens (tertiary/aromatic N) is 3. The SMILES string of the molecule is CCN(CC)C(=O)CN1CCN(C(=O)CCCOc2ccc(OC)cc2)CC1. The smallest absolute Gasteiger partial charge is 0.236 e. The van der Waals surface area contributed by atoms with E-state index in [1.54, 1.807) is 7.11 Å². The maximum atomic E-state index is 12.4. The lowest BCUT2D eigenvalue weighted by Crippen LogP contribution is -2.51. The highest BCUT2D eigenvalue weighted by Crippen LogP contribution is 2.17. The molecule has 0 aliphatic carbocycles. The minimum absolute atomic E-state index is 0.160. The van der Waals surface area contributed by atoms with Crippen LogP contribution in [0.2, 0.25) is 0 Å². The molecule has 1 aromatic rings. The first-order chi connectivity index (χ1) is 13.6. The molecule has 7 nitrogen and oxygen atoms in total. The van der Waals surface area contributed by atoms with E-state index in [4.69, 9.17) is 9.47 Å². The molecule has 0 aromatic heterocycles. The predicted molar refractivity (Wildman–Crippen MR) is 109 cm³/mol. The van der Waals surface area contributed by atoms with Gasteiger partial charge in [-0.3, -0.25) is 14.5 Å². The highest BCUT2D eigenvalue weighted by molar-refractivity contribution is 5.78. The van der Waals surface area contributed by atoms with Crippen LogP contribution in [0.3, 0.4) is 0 Å². The summed E-state index contributed by atoms with van der Waals surface area (Å²) in [5.41, 5.74) is 0. The first-order valence-corrected chi connectivity index (χ1v) is 10.1. The third kappa shape index (κ3) is 6.71. The second-order valence-corrected chi connectivity index (χ2v) is 6.85. The molecule has 1 heterocycles. The number of hydrogen-bond acceptors (Lipinski definition) is 5. The summed E-state index contributed by atoms with van der Waals surface area (Å²) in [5, 5.41) is 0. The Morgan fingerprint density at radius 2 is 1.61 bits per heavy atom. The first kappa shape index (κ1) is 22.0. The fourth-order valence-corrected chi connectivity index (χ4v) is 3.27. The van der Waals surface area contributed by atoms with Gasteiger partial charge >= 0.3 is 0 Å². The topological polar surface area (TPSA) is 62.3 Å². The van der Waals surface area contributed by atoms with Crippen molar-refractivity contribution >= 4 is 11.8 Å². The highest BCUT2D eigenvalue weighted by Gasteiger charge is 2.23. The van der Waals surface area contributed by atoms with Gasteiger partial charge in [0.1, 0.15) is 11.5 Å². The fraction of sp³-hybridized carbons (Fsp3) is 0.619. The first-order valence-electron chi connectivity index (χ1n) is 10.1. The van der Waals surface area contributed by atoms with Crippen molar-refractivity contribution in [2.45, 2.75) is 26.7 Å². The summed E-state index contributed by atoms with van der Waals surface area (Å²) in [5.74, 6) is 1.90. The van der Waals surface area contributed by atoms with E-state index in [-0.39, 0.29) is 11.8 Å². The van der Waals surface area contributed by atoms with Crippen molar-refractivity contribution in [1.82, 2.24) is 14.7 Å². The van der Waals surface area contributed by atoms with Crippen molar-refractivity contribution in [2.75, 3.05) is 59.5 Å². The Morgan fingerprint density at radius 1 is 1.00 bits per heavy atom. The van der Waals surface area contributed by atoms with Crippen molar-refractivity contribution in [2.24, 2.45) is 0 Å². The Balaban J connectivity index is 1.63. The number of methoxy groups -OCH3 is 1. The van der Waals surface area contributed by atoms with Crippen LogP contribution in [0.5, 0.6) is 11.5 Å². The lowest BCUT2D eigenvalue weighted by Gasteiger charge is -2.35. The van der Waals surface area contributed by atoms with Gasteiger partial charge in [0.05, 0.1) is 20.3 Å². The Hall–Kier alpha value is -2.28. The van der Waals surface area contributed by atoms with Gasteiger partial charge in [0.15, 0.2) is 0 Å². The number of benzene rings is 1. The van der Waals surface area contributed by atoms with Crippen LogP contribution in [-0.2, 0) is 9.59 Å². The molecule has 0 radical (unpaired) electrons. The molecule has 2 rings (SSSR count). The van der Waals surface area contributed by atoms with E-state index in [0.29, 0.717) is 39.1 Å². The van der Waals surface area contributed by atoms with Gasteiger partial charge in [0, 0.05) is 45.7 Å². The zero-order valence-corrected chi connectivity index (χ0v) is 17.4. The maximum absolute atomic E-state index is 12.4. The van der Waals surface area contributed by atoms with Crippen LogP contribution in [0.15, 0.2) is 24.3 Å². The third-order valence-corrected chi connectivity index (χ3v) is 5.06. The molecule has 0 N–H and O–H groups in total. The van der Waals surface area contributed by atoms with Crippen molar-refractivity contribution in [3.8, 4) is 11.5 Å². The Bertz CT molecular complexity index is 609. The quantitative estimate of drug-likeness (QED) is 0.570. The molecule has 0 atom stereocenters. The van der Waals surface area contributed by atoms with Crippen molar-refractivity contribution < 1.29 is 19.1 Å². The van der Waals surface area contributed by atoms with Crippen LogP contribution in [0, 0.1) is 0 Å². The van der Waals surface area contributed by atoms with Gasteiger partial charge in [-0.2, -0.15) is 0 Å². The summed E-state index contributed by atoms with van der Waals surface area (Å²) in [6.07, 6.45) is 1.17. The van der Waals surface area contributed by atoms with Gasteiger partial charge in [-0.1, -0.05) is 0 Å². The van der Waals surface area contributed by atoms with E-state index in [2.05, 4.69) is 4.90 Å². The van der Waals surface area contributed by atoms with Crippen molar-refractivity contribution in [3.05, 3.63) is 24.3 Å². The zero-order valence-electron chi connectivity index (χ0n) is 17.4. The number of ether oxygens (including phenoxy) is 2. The Morgan fingerprint density at radius 3 is 2.18 bits per heavy atom. The summed E-state index contributed by atoms with van der Waals surface area (Å²) >= 11 is 0. The summed E-state index contributed by atoms with van der Waals surface area (Å²) in [6, 6.07) is 7.43. The summed E-state index contributed by atoms with van der Waals surface area (Å²) < 4.78 is 10.8. The van der Waals surface area contributed by atoms with E-state index in [9.17, 15) is 9.59 Å². The van der Waals surface area contributed by atoms with E-state index >= 15 is 0 Å². The number of likely N-dealkylation sites (N-methyl/N-ethyl adjacent to an activating group) is 1. The lowest BCUT2D eigenvalue weighted by molar-refractivity contribution is -0.135. The van der Waals surface area contributed by atoms with Crippen molar-refractivity contribution in [1.29, 1.82) is 0 Å². The lowest BCUT2D eigenvalue weighted by atomic mass is 10.2. The van der Waals surface area contributed by atoms with Crippen LogP contribution < -0.4 is 9.47 Å². The average Bonchev–Trinajstić information content (AvgIpc) is 2.73. The van der Waals surface area contributed by atoms with Crippen LogP contribution in [0.4, 0.5) is 0 Å². The molecule has 1 saturated heterocycles. The monoisotopic (exact) mass is 391 g/mol. The van der Waals surface area contributed by atoms with E-state index in [1.165, 1.54) is 0 Å². The van der Waals surface area contributed by atoms with Gasteiger partial charge in [-0.05, 0) is 44.5 Å². The molecule has 0 saturated carbocycles. The Labute approximate surface area is 168 Å². The van der Waals surface area contributed by atoms with Crippen LogP contribution in [0.25, 0.3) is 0 Å². The number of hydrogen-bond donors (Lipinski definition) is 0. The minimum atomic E-state index is 0.160. The predicted octanol–water partition coefficient (Wildman–Crippen LogP) is 1.87. The van der Waals surface area contributed by atoms with Crippen LogP contribution in [0.1, 0.15) is 26.7 Å². The van der Waals surface area contributed by atoms with Crippen molar-refractivity contribution in [3.63, 3.8) is 0 Å². The molecule has 0 bridgehead atoms. The largest absolute Gasteiger partial charge is 0.497 e. The number of rotatable bonds is 10. The molecule has 28 heavy (non-hydrogen) atoms. The number of carbonyl (C=O) groups excluding carboxylic acids is 2. The normalized spacial score (nSPS) is 14.6. The molecule has 2 amide bonds. The molecular weight excluding hydrogens is 358 g/mol. The fourth-order valence-electron chi connectivity index (χ4n) is 3.27. The number of piperazine rings is 1. The maximum Gasteiger partial charge on any atom is 0.236 e. The molecule has 156 valence electrons. The standard InChI is InChI=1S/C21H33N3O4/c1-4-23(5-2)21(26)17-22-12-14-24(15-13-22)20(25)7-6-16-28-19-10-8-18(27-3)9-11-19/h8-11H,4-7,12-17H2,1-3H3. The summed E-state index contributed by atoms with van der Waals surface area (Å²) in [6.45, 7) is 9.30. The Kier molecular flexibility index (Phi) is 9.07. The molecule has 1 fully saturated rings. The number of carbonyl (C=O) groups is 2. The molecule has 7 heteroatoms. The van der Waals surface area contributed by atoms with Gasteiger partial charge in [0.25, 0.3) is 0 Å². The van der Waals surface area contributed by atoms with Gasteiger partial charge in [-0.15, -0.1) is 0 Å². The van der Waals surface area contributed by atoms with E-state index < -0.39 is 0 Å². The van der Waals surface area contributed by atoms with E-state index in [1.807, 2.05) is 47.9 Å². The second-order valence-electron chi connectivity index (χ2n) is 6.85. The number of amides is 2. The van der Waals surface area contributed by atoms with Crippen LogP contribution >= 0.6 is 0 Å². The van der Waals surface area contributed by atoms with Crippen LogP contribution in [-0.4, -0.2) is 86.0 Å². The van der Waals surface area contributed by atoms with Gasteiger partial charge in [-0.25, -0.2) is 0 Å². The molecule has 0 unspecified atom stereocenters. The summed E-state index contributed by atoms with van der Waals surface area (Å²) in [7, 11) is 1.63. The van der Waals surface area contributed by atoms with Gasteiger partial charge < -0.3 is 19.3 Å². The molecular formula is C21H33N3O4. The highest BCUT2D eigenvalue weighted by atomic mass is 16.5. The average molecular weight is 392 g/mol. The minimum Gasteiger partial charge on any atom is -0.497 e. The second kappa shape index (κ2) is 11.5. The summed E-state index contributed by atoms with van der Waals surface area (Å²) in [4.78, 5) is 30.5. The molecule has 0 spiro atoms. The zero-order chi connectivity index (χ0) is 20.4. The van der Waals surface area contributed by atoms with E-state index in [0.717, 1.165) is 37.7 Å². The molecule has 1 aliphatic rings. The molecule has 1 aromatic carbocycles. The van der Waals surface area contributed by atoms with Gasteiger partial charge in [0.2, 0.25) is 11.8 Å². The molecule has 1 aliphatic heterocycles.